The summed E-state index contributed by atoms with van der Waals surface area (Å²) in [4.78, 5) is 11.7. The fraction of sp³-hybridized carbons (Fsp3) is 0.0417. The smallest absolute Gasteiger partial charge is 0.744 e. The molecular weight excluding hydrogens is 559 g/mol. The van der Waals surface area contributed by atoms with Crippen molar-refractivity contribution in [2.75, 3.05) is 12.4 Å². The number of primary sulfonamides is 1. The number of ether oxygens (including phenoxy) is 1. The predicted molar refractivity (Wildman–Crippen MR) is 137 cm³/mol. The van der Waals surface area contributed by atoms with Crippen LogP contribution >= 0.6 is 0 Å². The van der Waals surface area contributed by atoms with E-state index < -0.39 is 36.7 Å². The van der Waals surface area contributed by atoms with Crippen molar-refractivity contribution in [1.29, 1.82) is 0 Å². The monoisotopic (exact) mass is 578 g/mol. The zero-order valence-corrected chi connectivity index (χ0v) is 24.2. The van der Waals surface area contributed by atoms with E-state index in [4.69, 9.17) is 9.88 Å². The van der Waals surface area contributed by atoms with E-state index in [-0.39, 0.29) is 68.0 Å². The SMILES string of the molecule is COc1ccc(S(N)(=O)=O)cc1N=Nc1ccc(O)c2c(NC(=O)c3ccccc3)ccc(S(=O)(=O)[O-])c12.[Na+]. The number of aromatic hydroxyl groups is 1. The summed E-state index contributed by atoms with van der Waals surface area (Å²) in [5.41, 5.74) is 0.0503. The van der Waals surface area contributed by atoms with E-state index in [0.717, 1.165) is 12.1 Å². The Bertz CT molecular complexity index is 1810. The fourth-order valence-corrected chi connectivity index (χ4v) is 4.87. The molecule has 4 aromatic carbocycles. The molecule has 0 aliphatic rings. The minimum absolute atomic E-state index is 0. The maximum atomic E-state index is 12.7. The Hall–Kier alpha value is -3.37. The molecule has 12 nitrogen and oxygen atoms in total. The number of phenols is 1. The number of fused-ring (bicyclic) bond motifs is 1. The first-order chi connectivity index (χ1) is 17.9. The molecule has 15 heteroatoms. The Morgan fingerprint density at radius 1 is 0.923 bits per heavy atom. The molecule has 0 aromatic heterocycles. The minimum atomic E-state index is -5.08. The molecule has 4 N–H and O–H groups in total. The molecule has 196 valence electrons. The van der Waals surface area contributed by atoms with Crippen LogP contribution in [0.25, 0.3) is 10.8 Å². The number of benzene rings is 4. The second-order valence-corrected chi connectivity index (χ2v) is 10.7. The molecule has 0 fully saturated rings. The van der Waals surface area contributed by atoms with Crippen LogP contribution in [0.2, 0.25) is 0 Å². The van der Waals surface area contributed by atoms with E-state index >= 15 is 0 Å². The number of hydrogen-bond donors (Lipinski definition) is 3. The van der Waals surface area contributed by atoms with Gasteiger partial charge < -0.3 is 19.7 Å². The fourth-order valence-electron chi connectivity index (χ4n) is 3.64. The van der Waals surface area contributed by atoms with Crippen molar-refractivity contribution < 1.29 is 65.6 Å². The van der Waals surface area contributed by atoms with Crippen molar-refractivity contribution in [2.45, 2.75) is 9.79 Å². The second-order valence-electron chi connectivity index (χ2n) is 7.82. The van der Waals surface area contributed by atoms with Gasteiger partial charge >= 0.3 is 29.6 Å². The molecule has 0 saturated heterocycles. The van der Waals surface area contributed by atoms with Crippen LogP contribution in [0.1, 0.15) is 10.4 Å². The summed E-state index contributed by atoms with van der Waals surface area (Å²) < 4.78 is 65.0. The van der Waals surface area contributed by atoms with Crippen LogP contribution in [0.3, 0.4) is 0 Å². The number of nitrogens with two attached hydrogens (primary N) is 1. The number of sulfonamides is 1. The minimum Gasteiger partial charge on any atom is -0.744 e. The van der Waals surface area contributed by atoms with Crippen molar-refractivity contribution >= 4 is 53.9 Å². The number of phenolic OH excluding ortho intramolecular Hbond substituents is 1. The molecule has 39 heavy (non-hydrogen) atoms. The van der Waals surface area contributed by atoms with Crippen molar-refractivity contribution in [2.24, 2.45) is 15.4 Å². The van der Waals surface area contributed by atoms with Crippen molar-refractivity contribution in [3.05, 3.63) is 78.4 Å². The van der Waals surface area contributed by atoms with Gasteiger partial charge in [0.15, 0.2) is 0 Å². The zero-order chi connectivity index (χ0) is 27.7. The third-order valence-corrected chi connectivity index (χ3v) is 7.17. The zero-order valence-electron chi connectivity index (χ0n) is 20.5. The van der Waals surface area contributed by atoms with Crippen LogP contribution in [0, 0.1) is 0 Å². The average Bonchev–Trinajstić information content (AvgIpc) is 2.87. The van der Waals surface area contributed by atoms with Gasteiger partial charge in [-0.1, -0.05) is 18.2 Å². The number of azo groups is 1. The first-order valence-corrected chi connectivity index (χ1v) is 13.6. The molecule has 0 aliphatic carbocycles. The molecule has 0 heterocycles. The van der Waals surface area contributed by atoms with Crippen molar-refractivity contribution in [3.63, 3.8) is 0 Å². The van der Waals surface area contributed by atoms with E-state index in [2.05, 4.69) is 15.5 Å². The molecule has 0 unspecified atom stereocenters. The molecule has 0 spiro atoms. The summed E-state index contributed by atoms with van der Waals surface area (Å²) in [5.74, 6) is -0.876. The number of nitrogens with zero attached hydrogens (tertiary/aromatic N) is 2. The van der Waals surface area contributed by atoms with E-state index in [1.807, 2.05) is 0 Å². The summed E-state index contributed by atoms with van der Waals surface area (Å²) in [6.07, 6.45) is 0. The quantitative estimate of drug-likeness (QED) is 0.162. The number of methoxy groups -OCH3 is 1. The molecule has 0 saturated carbocycles. The molecule has 1 amide bonds. The standard InChI is InChI=1S/C24H20N4O8S2.Na/c1-36-20-11-7-15(37(25,31)32)13-18(20)28-27-17-8-10-19(29)22-16(9-12-21(23(17)22)38(33,34)35)26-24(30)14-5-3-2-4-6-14;/h2-13,29H,1H3,(H,26,30)(H2,25,31,32)(H,33,34,35);/q;+1/p-1. The van der Waals surface area contributed by atoms with Gasteiger partial charge in [-0.15, -0.1) is 10.2 Å². The van der Waals surface area contributed by atoms with Crippen LogP contribution in [0.4, 0.5) is 17.1 Å². The van der Waals surface area contributed by atoms with E-state index in [9.17, 15) is 31.3 Å². The molecule has 4 rings (SSSR count). The average molecular weight is 579 g/mol. The molecular formula is C24H19N4NaO8S2. The van der Waals surface area contributed by atoms with E-state index in [1.165, 1.54) is 37.4 Å². The summed E-state index contributed by atoms with van der Waals surface area (Å²) in [6.45, 7) is 0. The third kappa shape index (κ3) is 6.62. The Labute approximate surface area is 245 Å². The van der Waals surface area contributed by atoms with Gasteiger partial charge in [-0.2, -0.15) is 0 Å². The Balaban J connectivity index is 0.00000420. The summed E-state index contributed by atoms with van der Waals surface area (Å²) in [5, 5.41) is 25.9. The van der Waals surface area contributed by atoms with Crippen LogP contribution < -0.4 is 44.7 Å². The van der Waals surface area contributed by atoms with Gasteiger partial charge in [0, 0.05) is 10.9 Å². The van der Waals surface area contributed by atoms with Crippen molar-refractivity contribution in [3.8, 4) is 11.5 Å². The van der Waals surface area contributed by atoms with Gasteiger partial charge in [-0.3, -0.25) is 4.79 Å². The molecule has 4 aromatic rings. The number of hydrogen-bond acceptors (Lipinski definition) is 10. The number of carbonyl (C=O) groups is 1. The van der Waals surface area contributed by atoms with E-state index in [0.29, 0.717) is 5.56 Å². The number of amides is 1. The van der Waals surface area contributed by atoms with Gasteiger partial charge in [0.05, 0.1) is 33.7 Å². The van der Waals surface area contributed by atoms with Gasteiger partial charge in [0.25, 0.3) is 5.91 Å². The first-order valence-electron chi connectivity index (χ1n) is 10.6. The van der Waals surface area contributed by atoms with Gasteiger partial charge in [0.2, 0.25) is 10.0 Å². The normalized spacial score (nSPS) is 11.8. The maximum absolute atomic E-state index is 12.7. The molecule has 0 atom stereocenters. The number of carbonyl (C=O) groups excluding carboxylic acids is 1. The Kier molecular flexibility index (Phi) is 9.12. The molecule has 0 aliphatic heterocycles. The first kappa shape index (κ1) is 30.2. The number of rotatable bonds is 7. The molecule has 0 bridgehead atoms. The topological polar surface area (TPSA) is 201 Å². The number of nitrogens with one attached hydrogen (secondary N) is 1. The summed E-state index contributed by atoms with van der Waals surface area (Å²) in [6, 6.07) is 16.2. The summed E-state index contributed by atoms with van der Waals surface area (Å²) in [7, 11) is -7.86. The second kappa shape index (κ2) is 11.8. The largest absolute Gasteiger partial charge is 1.00 e. The Morgan fingerprint density at radius 2 is 1.59 bits per heavy atom. The Morgan fingerprint density at radius 3 is 2.21 bits per heavy atom. The summed E-state index contributed by atoms with van der Waals surface area (Å²) >= 11 is 0. The van der Waals surface area contributed by atoms with E-state index in [1.54, 1.807) is 30.3 Å². The van der Waals surface area contributed by atoms with Gasteiger partial charge in [-0.05, 0) is 54.6 Å². The van der Waals surface area contributed by atoms with Gasteiger partial charge in [-0.25, -0.2) is 22.0 Å². The van der Waals surface area contributed by atoms with Crippen LogP contribution in [-0.4, -0.2) is 39.5 Å². The van der Waals surface area contributed by atoms with Crippen LogP contribution in [-0.2, 0) is 20.1 Å². The third-order valence-electron chi connectivity index (χ3n) is 5.38. The van der Waals surface area contributed by atoms with Crippen molar-refractivity contribution in [1.82, 2.24) is 0 Å². The predicted octanol–water partition coefficient (Wildman–Crippen LogP) is 0.777. The van der Waals surface area contributed by atoms with Crippen LogP contribution in [0.15, 0.2) is 92.8 Å². The maximum Gasteiger partial charge on any atom is 1.00 e. The molecule has 0 radical (unpaired) electrons. The van der Waals surface area contributed by atoms with Gasteiger partial charge in [0.1, 0.15) is 27.3 Å². The van der Waals surface area contributed by atoms with Crippen LogP contribution in [0.5, 0.6) is 11.5 Å². The number of anilines is 1.